The van der Waals surface area contributed by atoms with E-state index < -0.39 is 0 Å². The lowest BCUT2D eigenvalue weighted by molar-refractivity contribution is 0.0650. The molecule has 1 amide bonds. The number of ketones is 1. The summed E-state index contributed by atoms with van der Waals surface area (Å²) in [6.45, 7) is 5.32. The number of halogens is 1. The molecule has 0 N–H and O–H groups in total. The van der Waals surface area contributed by atoms with E-state index in [0.29, 0.717) is 13.1 Å². The summed E-state index contributed by atoms with van der Waals surface area (Å²) >= 11 is 2.22. The summed E-state index contributed by atoms with van der Waals surface area (Å²) in [4.78, 5) is 27.3. The van der Waals surface area contributed by atoms with Crippen molar-refractivity contribution in [2.24, 2.45) is 5.92 Å². The van der Waals surface area contributed by atoms with Crippen LogP contribution in [0.5, 0.6) is 0 Å². The third-order valence-electron chi connectivity index (χ3n) is 4.87. The molecule has 2 aromatic rings. The highest BCUT2D eigenvalue weighted by Crippen LogP contribution is 2.25. The van der Waals surface area contributed by atoms with E-state index >= 15 is 0 Å². The van der Waals surface area contributed by atoms with E-state index in [2.05, 4.69) is 28.7 Å². The number of Topliss-reactive ketones (excluding diaryl/α,β-unsaturated/α-hetero) is 1. The molecule has 0 radical (unpaired) electrons. The van der Waals surface area contributed by atoms with Gasteiger partial charge in [0.15, 0.2) is 5.78 Å². The maximum absolute atomic E-state index is 12.8. The predicted molar refractivity (Wildman–Crippen MR) is 108 cm³/mol. The summed E-state index contributed by atoms with van der Waals surface area (Å²) in [7, 11) is 0. The minimum atomic E-state index is 0.0152. The number of hydrogen-bond donors (Lipinski definition) is 0. The van der Waals surface area contributed by atoms with Crippen molar-refractivity contribution in [3.63, 3.8) is 0 Å². The topological polar surface area (TPSA) is 37.4 Å². The number of amides is 1. The zero-order valence-electron chi connectivity index (χ0n) is 14.6. The van der Waals surface area contributed by atoms with Crippen LogP contribution in [0.2, 0.25) is 0 Å². The molecule has 0 aliphatic carbocycles. The second-order valence-electron chi connectivity index (χ2n) is 6.76. The van der Waals surface area contributed by atoms with E-state index in [0.717, 1.165) is 33.1 Å². The quantitative estimate of drug-likeness (QED) is 0.508. The maximum atomic E-state index is 12.8. The van der Waals surface area contributed by atoms with Crippen LogP contribution in [0.25, 0.3) is 0 Å². The van der Waals surface area contributed by atoms with Gasteiger partial charge in [0.1, 0.15) is 0 Å². The van der Waals surface area contributed by atoms with Gasteiger partial charge in [-0.3, -0.25) is 9.59 Å². The van der Waals surface area contributed by atoms with Gasteiger partial charge in [0.25, 0.3) is 5.91 Å². The second-order valence-corrected chi connectivity index (χ2v) is 8.01. The first-order chi connectivity index (χ1) is 12.0. The number of nitrogens with zero attached hydrogens (tertiary/aromatic N) is 1. The number of carbonyl (C=O) groups excluding carboxylic acids is 2. The van der Waals surface area contributed by atoms with Crippen molar-refractivity contribution >= 4 is 34.3 Å². The summed E-state index contributed by atoms with van der Waals surface area (Å²) < 4.78 is 1.06. The Labute approximate surface area is 162 Å². The summed E-state index contributed by atoms with van der Waals surface area (Å²) in [5, 5.41) is 0. The molecule has 0 spiro atoms. The molecule has 4 heteroatoms. The van der Waals surface area contributed by atoms with Crippen molar-refractivity contribution in [2.75, 3.05) is 13.1 Å². The van der Waals surface area contributed by atoms with Crippen molar-refractivity contribution in [3.8, 4) is 0 Å². The molecule has 0 aromatic heterocycles. The fourth-order valence-corrected chi connectivity index (χ4v) is 4.00. The van der Waals surface area contributed by atoms with Crippen LogP contribution in [-0.2, 0) is 0 Å². The molecule has 25 heavy (non-hydrogen) atoms. The first kappa shape index (κ1) is 18.1. The SMILES string of the molecule is Cc1ccc(C(=O)C2CCN(C(=O)c3cccc(I)c3)CC2)c(C)c1. The Morgan fingerprint density at radius 3 is 2.40 bits per heavy atom. The van der Waals surface area contributed by atoms with Crippen molar-refractivity contribution in [2.45, 2.75) is 26.7 Å². The number of carbonyl (C=O) groups is 2. The Kier molecular flexibility index (Phi) is 5.57. The summed E-state index contributed by atoms with van der Waals surface area (Å²) in [6.07, 6.45) is 1.48. The smallest absolute Gasteiger partial charge is 0.253 e. The van der Waals surface area contributed by atoms with Crippen molar-refractivity contribution in [3.05, 3.63) is 68.3 Å². The third-order valence-corrected chi connectivity index (χ3v) is 5.54. The van der Waals surface area contributed by atoms with Gasteiger partial charge >= 0.3 is 0 Å². The van der Waals surface area contributed by atoms with Crippen LogP contribution < -0.4 is 0 Å². The van der Waals surface area contributed by atoms with E-state index in [4.69, 9.17) is 0 Å². The number of piperidine rings is 1. The second kappa shape index (κ2) is 7.68. The van der Waals surface area contributed by atoms with Crippen molar-refractivity contribution < 1.29 is 9.59 Å². The van der Waals surface area contributed by atoms with Gasteiger partial charge < -0.3 is 4.90 Å². The molecule has 0 unspecified atom stereocenters. The Morgan fingerprint density at radius 1 is 1.04 bits per heavy atom. The van der Waals surface area contributed by atoms with Gasteiger partial charge in [0, 0.05) is 33.7 Å². The fraction of sp³-hybridized carbons (Fsp3) is 0.333. The molecule has 3 rings (SSSR count). The van der Waals surface area contributed by atoms with Crippen LogP contribution in [0.15, 0.2) is 42.5 Å². The van der Waals surface area contributed by atoms with Crippen LogP contribution in [-0.4, -0.2) is 29.7 Å². The highest BCUT2D eigenvalue weighted by Gasteiger charge is 2.29. The predicted octanol–water partition coefficient (Wildman–Crippen LogP) is 4.64. The number of rotatable bonds is 3. The monoisotopic (exact) mass is 447 g/mol. The van der Waals surface area contributed by atoms with Crippen LogP contribution in [0, 0.1) is 23.3 Å². The third kappa shape index (κ3) is 4.11. The van der Waals surface area contributed by atoms with Gasteiger partial charge in [-0.05, 0) is 73.0 Å². The first-order valence-electron chi connectivity index (χ1n) is 8.62. The van der Waals surface area contributed by atoms with Gasteiger partial charge in [-0.2, -0.15) is 0 Å². The van der Waals surface area contributed by atoms with Crippen LogP contribution >= 0.6 is 22.6 Å². The fourth-order valence-electron chi connectivity index (χ4n) is 3.46. The van der Waals surface area contributed by atoms with Gasteiger partial charge in [-0.25, -0.2) is 0 Å². The van der Waals surface area contributed by atoms with Crippen LogP contribution in [0.1, 0.15) is 44.7 Å². The largest absolute Gasteiger partial charge is 0.339 e. The lowest BCUT2D eigenvalue weighted by Crippen LogP contribution is -2.40. The van der Waals surface area contributed by atoms with Gasteiger partial charge in [-0.15, -0.1) is 0 Å². The standard InChI is InChI=1S/C21H22INO2/c1-14-6-7-19(15(2)12-14)20(24)16-8-10-23(11-9-16)21(25)17-4-3-5-18(22)13-17/h3-7,12-13,16H,8-11H2,1-2H3. The first-order valence-corrected chi connectivity index (χ1v) is 9.70. The summed E-state index contributed by atoms with van der Waals surface area (Å²) in [5.41, 5.74) is 3.77. The molecular weight excluding hydrogens is 425 g/mol. The highest BCUT2D eigenvalue weighted by atomic mass is 127. The van der Waals surface area contributed by atoms with Crippen LogP contribution in [0.3, 0.4) is 0 Å². The van der Waals surface area contributed by atoms with E-state index in [1.165, 1.54) is 5.56 Å². The van der Waals surface area contributed by atoms with Gasteiger partial charge in [0.05, 0.1) is 0 Å². The van der Waals surface area contributed by atoms with Crippen molar-refractivity contribution in [1.29, 1.82) is 0 Å². The van der Waals surface area contributed by atoms with Crippen molar-refractivity contribution in [1.82, 2.24) is 4.90 Å². The molecule has 1 heterocycles. The minimum Gasteiger partial charge on any atom is -0.339 e. The molecule has 1 fully saturated rings. The number of benzene rings is 2. The molecule has 0 atom stereocenters. The van der Waals surface area contributed by atoms with Gasteiger partial charge in [0.2, 0.25) is 0 Å². The average Bonchev–Trinajstić information content (AvgIpc) is 2.61. The maximum Gasteiger partial charge on any atom is 0.253 e. The Morgan fingerprint density at radius 2 is 1.76 bits per heavy atom. The summed E-state index contributed by atoms with van der Waals surface area (Å²) in [6, 6.07) is 13.7. The Hall–Kier alpha value is -1.69. The number of likely N-dealkylation sites (tertiary alicyclic amines) is 1. The molecule has 2 aromatic carbocycles. The van der Waals surface area contributed by atoms with E-state index in [1.807, 2.05) is 55.1 Å². The molecule has 1 saturated heterocycles. The molecule has 0 saturated carbocycles. The zero-order chi connectivity index (χ0) is 18.0. The molecule has 1 aliphatic rings. The zero-order valence-corrected chi connectivity index (χ0v) is 16.7. The Balaban J connectivity index is 1.65. The van der Waals surface area contributed by atoms with E-state index in [-0.39, 0.29) is 17.6 Å². The molecule has 3 nitrogen and oxygen atoms in total. The molecule has 130 valence electrons. The normalized spacial score (nSPS) is 15.2. The molecule has 0 bridgehead atoms. The Bertz CT molecular complexity index is 807. The average molecular weight is 447 g/mol. The van der Waals surface area contributed by atoms with E-state index in [1.54, 1.807) is 0 Å². The number of hydrogen-bond acceptors (Lipinski definition) is 2. The lowest BCUT2D eigenvalue weighted by Gasteiger charge is -2.31. The molecular formula is C21H22INO2. The summed E-state index contributed by atoms with van der Waals surface area (Å²) in [5.74, 6) is 0.302. The minimum absolute atomic E-state index is 0.0152. The number of aryl methyl sites for hydroxylation is 2. The molecule has 1 aliphatic heterocycles. The van der Waals surface area contributed by atoms with E-state index in [9.17, 15) is 9.59 Å². The highest BCUT2D eigenvalue weighted by molar-refractivity contribution is 14.1. The lowest BCUT2D eigenvalue weighted by atomic mass is 9.87. The van der Waals surface area contributed by atoms with Gasteiger partial charge in [-0.1, -0.05) is 29.8 Å². The van der Waals surface area contributed by atoms with Crippen LogP contribution in [0.4, 0.5) is 0 Å².